The third-order valence-corrected chi connectivity index (χ3v) is 6.09. The molecule has 7 heteroatoms. The molecule has 1 amide bonds. The molecule has 5 nitrogen and oxygen atoms in total. The molecule has 0 bridgehead atoms. The van der Waals surface area contributed by atoms with Crippen molar-refractivity contribution in [1.29, 1.82) is 0 Å². The minimum atomic E-state index is -0.312. The van der Waals surface area contributed by atoms with Crippen LogP contribution in [0.3, 0.4) is 0 Å². The van der Waals surface area contributed by atoms with E-state index in [1.807, 2.05) is 74.5 Å². The number of carbonyl (C=O) groups is 1. The molecule has 1 aliphatic rings. The van der Waals surface area contributed by atoms with Gasteiger partial charge in [-0.1, -0.05) is 41.9 Å². The van der Waals surface area contributed by atoms with Crippen LogP contribution in [0, 0.1) is 0 Å². The topological polar surface area (TPSA) is 51.1 Å². The molecular weight excluding hydrogens is 455 g/mol. The normalized spacial score (nSPS) is 17.8. The number of nitrogens with zero attached hydrogens (tertiary/aromatic N) is 2. The Morgan fingerprint density at radius 1 is 1.06 bits per heavy atom. The van der Waals surface area contributed by atoms with E-state index >= 15 is 0 Å². The van der Waals surface area contributed by atoms with Crippen LogP contribution in [-0.4, -0.2) is 30.4 Å². The Kier molecular flexibility index (Phi) is 7.02. The number of methoxy groups -OCH3 is 1. The van der Waals surface area contributed by atoms with E-state index in [9.17, 15) is 4.79 Å². The lowest BCUT2D eigenvalue weighted by Crippen LogP contribution is -2.31. The van der Waals surface area contributed by atoms with Crippen LogP contribution in [0.4, 0.5) is 0 Å². The van der Waals surface area contributed by atoms with Crippen molar-refractivity contribution in [2.24, 2.45) is 4.99 Å². The van der Waals surface area contributed by atoms with Crippen molar-refractivity contribution >= 4 is 38.4 Å². The Balaban J connectivity index is 1.88. The largest absolute Gasteiger partial charge is 0.497 e. The number of amidine groups is 1. The molecule has 0 saturated carbocycles. The highest BCUT2D eigenvalue weighted by molar-refractivity contribution is 7.27. The molecule has 0 spiro atoms. The molecule has 3 atom stereocenters. The molecule has 0 fully saturated rings. The Morgan fingerprint density at radius 2 is 1.82 bits per heavy atom. The number of hydrogen-bond acceptors (Lipinski definition) is 4. The summed E-state index contributed by atoms with van der Waals surface area (Å²) in [7, 11) is 4.33. The second-order valence-corrected chi connectivity index (χ2v) is 9.21. The fourth-order valence-electron chi connectivity index (χ4n) is 4.05. The van der Waals surface area contributed by atoms with E-state index in [1.165, 1.54) is 0 Å². The Labute approximate surface area is 201 Å². The summed E-state index contributed by atoms with van der Waals surface area (Å²) in [4.78, 5) is 19.3. The highest BCUT2D eigenvalue weighted by atomic mass is 35.5. The number of ether oxygens (including phenoxy) is 2. The van der Waals surface area contributed by atoms with Gasteiger partial charge in [0.05, 0.1) is 24.8 Å². The van der Waals surface area contributed by atoms with Gasteiger partial charge in [-0.15, -0.1) is 9.24 Å². The van der Waals surface area contributed by atoms with Gasteiger partial charge in [0.15, 0.2) is 0 Å². The molecule has 0 aliphatic carbocycles. The van der Waals surface area contributed by atoms with E-state index < -0.39 is 0 Å². The molecule has 33 heavy (non-hydrogen) atoms. The number of benzene rings is 3. The van der Waals surface area contributed by atoms with Crippen LogP contribution in [0.2, 0.25) is 5.02 Å². The molecule has 3 aromatic rings. The minimum absolute atomic E-state index is 0.0563. The standard InChI is InChI=1S/C26H26ClN2O3P/c1-16(2)32-23-14-20(31-3)11-12-22(23)26-28-24(17-7-9-19(27)10-8-17)25(29(26)15-30)18-5-4-6-21(33)13-18/h4-16,24-25H,33H2,1-3H3. The van der Waals surface area contributed by atoms with Crippen LogP contribution in [0.15, 0.2) is 71.7 Å². The number of hydrogen-bond donors (Lipinski definition) is 0. The number of halogens is 1. The van der Waals surface area contributed by atoms with E-state index in [-0.39, 0.29) is 18.2 Å². The van der Waals surface area contributed by atoms with E-state index in [0.717, 1.165) is 28.4 Å². The van der Waals surface area contributed by atoms with Crippen molar-refractivity contribution in [3.05, 3.63) is 88.4 Å². The van der Waals surface area contributed by atoms with Crippen LogP contribution in [0.5, 0.6) is 11.5 Å². The smallest absolute Gasteiger partial charge is 0.215 e. The first-order valence-corrected chi connectivity index (χ1v) is 11.6. The molecule has 3 aromatic carbocycles. The van der Waals surface area contributed by atoms with Crippen LogP contribution >= 0.6 is 20.8 Å². The van der Waals surface area contributed by atoms with Crippen LogP contribution in [-0.2, 0) is 4.79 Å². The first-order chi connectivity index (χ1) is 15.9. The zero-order chi connectivity index (χ0) is 23.5. The summed E-state index contributed by atoms with van der Waals surface area (Å²) in [5.41, 5.74) is 2.70. The number of carbonyl (C=O) groups excluding carboxylic acids is 1. The molecule has 1 heterocycles. The zero-order valence-electron chi connectivity index (χ0n) is 18.7. The van der Waals surface area contributed by atoms with Gasteiger partial charge in [-0.2, -0.15) is 0 Å². The molecule has 1 aliphatic heterocycles. The molecule has 0 radical (unpaired) electrons. The van der Waals surface area contributed by atoms with Gasteiger partial charge in [0.2, 0.25) is 6.41 Å². The van der Waals surface area contributed by atoms with Gasteiger partial charge >= 0.3 is 0 Å². The van der Waals surface area contributed by atoms with Gasteiger partial charge in [0.25, 0.3) is 0 Å². The van der Waals surface area contributed by atoms with Crippen molar-refractivity contribution in [2.45, 2.75) is 32.0 Å². The van der Waals surface area contributed by atoms with Gasteiger partial charge in [0, 0.05) is 11.1 Å². The maximum atomic E-state index is 12.5. The molecule has 0 saturated heterocycles. The van der Waals surface area contributed by atoms with Crippen molar-refractivity contribution in [1.82, 2.24) is 4.90 Å². The lowest BCUT2D eigenvalue weighted by Gasteiger charge is -2.27. The second kappa shape index (κ2) is 9.94. The van der Waals surface area contributed by atoms with Crippen LogP contribution in [0.25, 0.3) is 0 Å². The molecule has 0 N–H and O–H groups in total. The Hall–Kier alpha value is -2.88. The van der Waals surface area contributed by atoms with E-state index in [0.29, 0.717) is 22.4 Å². The molecule has 3 unspecified atom stereocenters. The fourth-order valence-corrected chi connectivity index (χ4v) is 4.48. The van der Waals surface area contributed by atoms with Crippen LogP contribution < -0.4 is 14.8 Å². The maximum absolute atomic E-state index is 12.5. The quantitative estimate of drug-likeness (QED) is 0.339. The van der Waals surface area contributed by atoms with Crippen molar-refractivity contribution in [3.8, 4) is 11.5 Å². The zero-order valence-corrected chi connectivity index (χ0v) is 20.6. The molecule has 0 aromatic heterocycles. The number of rotatable bonds is 7. The molecule has 4 rings (SSSR count). The monoisotopic (exact) mass is 480 g/mol. The predicted molar refractivity (Wildman–Crippen MR) is 136 cm³/mol. The summed E-state index contributed by atoms with van der Waals surface area (Å²) in [5, 5.41) is 1.69. The van der Waals surface area contributed by atoms with Crippen LogP contribution in [0.1, 0.15) is 42.6 Å². The summed E-state index contributed by atoms with van der Waals surface area (Å²) in [6.07, 6.45) is 0.789. The predicted octanol–water partition coefficient (Wildman–Crippen LogP) is 5.34. The average molecular weight is 481 g/mol. The van der Waals surface area contributed by atoms with Gasteiger partial charge in [-0.25, -0.2) is 0 Å². The summed E-state index contributed by atoms with van der Waals surface area (Å²) in [6, 6.07) is 20.6. The van der Waals surface area contributed by atoms with Gasteiger partial charge in [-0.05, 0) is 60.6 Å². The first-order valence-electron chi connectivity index (χ1n) is 10.7. The van der Waals surface area contributed by atoms with Gasteiger partial charge < -0.3 is 9.47 Å². The minimum Gasteiger partial charge on any atom is -0.497 e. The van der Waals surface area contributed by atoms with Gasteiger partial charge in [0.1, 0.15) is 23.4 Å². The van der Waals surface area contributed by atoms with E-state index in [2.05, 4.69) is 15.3 Å². The lowest BCUT2D eigenvalue weighted by molar-refractivity contribution is -0.116. The van der Waals surface area contributed by atoms with E-state index in [4.69, 9.17) is 26.1 Å². The second-order valence-electron chi connectivity index (χ2n) is 8.11. The van der Waals surface area contributed by atoms with Crippen molar-refractivity contribution in [2.75, 3.05) is 7.11 Å². The summed E-state index contributed by atoms with van der Waals surface area (Å²) < 4.78 is 11.5. The summed E-state index contributed by atoms with van der Waals surface area (Å²) >= 11 is 6.14. The SMILES string of the molecule is COc1ccc(C2=NC(c3ccc(Cl)cc3)C(c3cccc(P)c3)N2C=O)c(OC(C)C)c1. The Bertz CT molecular complexity index is 1180. The van der Waals surface area contributed by atoms with Crippen molar-refractivity contribution < 1.29 is 14.3 Å². The van der Waals surface area contributed by atoms with E-state index in [1.54, 1.807) is 12.0 Å². The third-order valence-electron chi connectivity index (χ3n) is 5.47. The molecule has 170 valence electrons. The highest BCUT2D eigenvalue weighted by Gasteiger charge is 2.39. The summed E-state index contributed by atoms with van der Waals surface area (Å²) in [6.45, 7) is 3.92. The highest BCUT2D eigenvalue weighted by Crippen LogP contribution is 2.44. The number of amides is 1. The molecular formula is C26H26ClN2O3P. The fraction of sp³-hybridized carbons (Fsp3) is 0.231. The third kappa shape index (κ3) is 4.90. The maximum Gasteiger partial charge on any atom is 0.215 e. The average Bonchev–Trinajstić information content (AvgIpc) is 3.18. The first kappa shape index (κ1) is 23.3. The Morgan fingerprint density at radius 3 is 2.45 bits per heavy atom. The number of aliphatic imine (C=N–C) groups is 1. The van der Waals surface area contributed by atoms with Crippen molar-refractivity contribution in [3.63, 3.8) is 0 Å². The summed E-state index contributed by atoms with van der Waals surface area (Å²) in [5.74, 6) is 1.85. The lowest BCUT2D eigenvalue weighted by atomic mass is 9.94. The van der Waals surface area contributed by atoms with Gasteiger partial charge in [-0.3, -0.25) is 14.7 Å².